The molecule has 2 nitrogen and oxygen atoms in total. The predicted octanol–water partition coefficient (Wildman–Crippen LogP) is 13.8. The minimum atomic E-state index is 0.919. The van der Waals surface area contributed by atoms with Crippen LogP contribution in [-0.4, -0.2) is 0 Å². The first-order valence-electron chi connectivity index (χ1n) is 17.1. The second-order valence-corrected chi connectivity index (χ2v) is 13.0. The molecule has 0 aliphatic heterocycles. The molecule has 0 fully saturated rings. The van der Waals surface area contributed by atoms with Crippen LogP contribution in [0.2, 0.25) is 0 Å². The van der Waals surface area contributed by atoms with Gasteiger partial charge >= 0.3 is 0 Å². The molecule has 0 radical (unpaired) electrons. The SMILES string of the molecule is c1ccc(-c2cccc(N(c3ccc(-c4ccc5cc6c(cc5c4)oc4ccccc46)cc3)c3ccc4ccc5ccccc5c4c3)c2)cc1. The zero-order valence-electron chi connectivity index (χ0n) is 27.3. The molecule has 1 aromatic heterocycles. The molecule has 10 aromatic rings. The summed E-state index contributed by atoms with van der Waals surface area (Å²) in [6.07, 6.45) is 0. The van der Waals surface area contributed by atoms with Gasteiger partial charge in [0.2, 0.25) is 0 Å². The largest absolute Gasteiger partial charge is 0.456 e. The van der Waals surface area contributed by atoms with Gasteiger partial charge in [-0.25, -0.2) is 0 Å². The van der Waals surface area contributed by atoms with Crippen molar-refractivity contribution in [2.75, 3.05) is 4.90 Å². The van der Waals surface area contributed by atoms with Gasteiger partial charge in [-0.15, -0.1) is 0 Å². The van der Waals surface area contributed by atoms with Crippen molar-refractivity contribution in [2.24, 2.45) is 0 Å². The highest BCUT2D eigenvalue weighted by Crippen LogP contribution is 2.40. The van der Waals surface area contributed by atoms with Crippen molar-refractivity contribution in [3.8, 4) is 22.3 Å². The third-order valence-electron chi connectivity index (χ3n) is 9.99. The smallest absolute Gasteiger partial charge is 0.136 e. The molecule has 0 aliphatic rings. The molecule has 0 saturated heterocycles. The lowest BCUT2D eigenvalue weighted by Gasteiger charge is -2.27. The van der Waals surface area contributed by atoms with Gasteiger partial charge in [0, 0.05) is 27.8 Å². The first-order valence-corrected chi connectivity index (χ1v) is 17.1. The molecular weight excluding hydrogens is 607 g/mol. The summed E-state index contributed by atoms with van der Waals surface area (Å²) in [4.78, 5) is 2.37. The minimum Gasteiger partial charge on any atom is -0.456 e. The summed E-state index contributed by atoms with van der Waals surface area (Å²) in [6, 6.07) is 67.7. The van der Waals surface area contributed by atoms with Crippen LogP contribution in [0.5, 0.6) is 0 Å². The number of anilines is 3. The Hall–Kier alpha value is -6.64. The van der Waals surface area contributed by atoms with Gasteiger partial charge in [0.25, 0.3) is 0 Å². The van der Waals surface area contributed by atoms with E-state index in [2.05, 4.69) is 181 Å². The van der Waals surface area contributed by atoms with E-state index in [9.17, 15) is 0 Å². The second-order valence-electron chi connectivity index (χ2n) is 13.0. The van der Waals surface area contributed by atoms with E-state index < -0.39 is 0 Å². The molecule has 0 amide bonds. The lowest BCUT2D eigenvalue weighted by Crippen LogP contribution is -2.10. The topological polar surface area (TPSA) is 16.4 Å². The Balaban J connectivity index is 1.09. The summed E-state index contributed by atoms with van der Waals surface area (Å²) in [5.74, 6) is 0. The minimum absolute atomic E-state index is 0.919. The summed E-state index contributed by atoms with van der Waals surface area (Å²) in [5, 5.41) is 9.67. The van der Waals surface area contributed by atoms with Crippen LogP contribution in [0.25, 0.3) is 76.5 Å². The third kappa shape index (κ3) is 4.81. The Labute approximate surface area is 290 Å². The number of nitrogens with zero attached hydrogens (tertiary/aromatic N) is 1. The summed E-state index contributed by atoms with van der Waals surface area (Å²) in [5.41, 5.74) is 9.90. The monoisotopic (exact) mass is 637 g/mol. The first kappa shape index (κ1) is 28.4. The lowest BCUT2D eigenvalue weighted by atomic mass is 9.99. The van der Waals surface area contributed by atoms with Gasteiger partial charge in [0.15, 0.2) is 0 Å². The molecule has 0 N–H and O–H groups in total. The predicted molar refractivity (Wildman–Crippen MR) is 212 cm³/mol. The molecule has 50 heavy (non-hydrogen) atoms. The van der Waals surface area contributed by atoms with E-state index in [1.54, 1.807) is 0 Å². The van der Waals surface area contributed by atoms with E-state index >= 15 is 0 Å². The van der Waals surface area contributed by atoms with Crippen molar-refractivity contribution >= 4 is 71.3 Å². The van der Waals surface area contributed by atoms with E-state index in [1.165, 1.54) is 54.6 Å². The molecule has 1 heterocycles. The van der Waals surface area contributed by atoms with Gasteiger partial charge in [-0.05, 0) is 115 Å². The number of hydrogen-bond acceptors (Lipinski definition) is 2. The molecule has 2 heteroatoms. The number of fused-ring (bicyclic) bond motifs is 7. The van der Waals surface area contributed by atoms with E-state index in [1.807, 2.05) is 12.1 Å². The Kier molecular flexibility index (Phi) is 6.53. The third-order valence-corrected chi connectivity index (χ3v) is 9.99. The van der Waals surface area contributed by atoms with Gasteiger partial charge in [-0.1, -0.05) is 127 Å². The zero-order chi connectivity index (χ0) is 33.0. The van der Waals surface area contributed by atoms with Crippen LogP contribution < -0.4 is 4.90 Å². The fourth-order valence-electron chi connectivity index (χ4n) is 7.48. The van der Waals surface area contributed by atoms with Gasteiger partial charge in [0.1, 0.15) is 11.2 Å². The van der Waals surface area contributed by atoms with Crippen LogP contribution in [0.15, 0.2) is 192 Å². The van der Waals surface area contributed by atoms with Crippen LogP contribution in [-0.2, 0) is 0 Å². The highest BCUT2D eigenvalue weighted by atomic mass is 16.3. The maximum atomic E-state index is 6.21. The Bertz CT molecular complexity index is 2870. The number of rotatable bonds is 5. The average molecular weight is 638 g/mol. The van der Waals surface area contributed by atoms with Crippen LogP contribution in [0.1, 0.15) is 0 Å². The van der Waals surface area contributed by atoms with Gasteiger partial charge < -0.3 is 9.32 Å². The number of furan rings is 1. The summed E-state index contributed by atoms with van der Waals surface area (Å²) < 4.78 is 6.21. The average Bonchev–Trinajstić information content (AvgIpc) is 3.55. The summed E-state index contributed by atoms with van der Waals surface area (Å²) >= 11 is 0. The first-order chi connectivity index (χ1) is 24.7. The molecule has 10 rings (SSSR count). The molecule has 0 unspecified atom stereocenters. The standard InChI is InChI=1S/C48H31NO/c1-2-9-32(10-3-1)36-12-8-13-41(28-36)49(42-26-23-35-18-17-34-11-4-5-14-43(34)45(35)31-42)40-24-21-33(22-25-40)37-19-20-38-29-46-44-15-6-7-16-47(44)50-48(46)30-39(38)27-37/h1-31H. The maximum absolute atomic E-state index is 6.21. The van der Waals surface area contributed by atoms with Crippen LogP contribution in [0.4, 0.5) is 17.1 Å². The van der Waals surface area contributed by atoms with Crippen molar-refractivity contribution < 1.29 is 4.42 Å². The molecule has 0 bridgehead atoms. The van der Waals surface area contributed by atoms with Crippen LogP contribution in [0.3, 0.4) is 0 Å². The van der Waals surface area contributed by atoms with Gasteiger partial charge in [0.05, 0.1) is 0 Å². The Morgan fingerprint density at radius 3 is 1.78 bits per heavy atom. The maximum Gasteiger partial charge on any atom is 0.136 e. The van der Waals surface area contributed by atoms with Crippen molar-refractivity contribution in [3.05, 3.63) is 188 Å². The molecule has 0 aliphatic carbocycles. The lowest BCUT2D eigenvalue weighted by molar-refractivity contribution is 0.669. The fraction of sp³-hybridized carbons (Fsp3) is 0. The Morgan fingerprint density at radius 2 is 0.900 bits per heavy atom. The van der Waals surface area contributed by atoms with Crippen LogP contribution >= 0.6 is 0 Å². The Morgan fingerprint density at radius 1 is 0.280 bits per heavy atom. The summed E-state index contributed by atoms with van der Waals surface area (Å²) in [6.45, 7) is 0. The van der Waals surface area contributed by atoms with Gasteiger partial charge in [-0.2, -0.15) is 0 Å². The van der Waals surface area contributed by atoms with Crippen molar-refractivity contribution in [3.63, 3.8) is 0 Å². The number of benzene rings is 9. The van der Waals surface area contributed by atoms with Crippen LogP contribution in [0, 0.1) is 0 Å². The van der Waals surface area contributed by atoms with E-state index in [0.717, 1.165) is 39.0 Å². The quantitative estimate of drug-likeness (QED) is 0.175. The van der Waals surface area contributed by atoms with E-state index in [4.69, 9.17) is 4.42 Å². The molecule has 234 valence electrons. The normalized spacial score (nSPS) is 11.6. The highest BCUT2D eigenvalue weighted by Gasteiger charge is 2.16. The fourth-order valence-corrected chi connectivity index (χ4v) is 7.48. The summed E-state index contributed by atoms with van der Waals surface area (Å²) in [7, 11) is 0. The molecule has 9 aromatic carbocycles. The van der Waals surface area contributed by atoms with Crippen molar-refractivity contribution in [2.45, 2.75) is 0 Å². The number of para-hydroxylation sites is 1. The second kappa shape index (κ2) is 11.5. The molecule has 0 spiro atoms. The van der Waals surface area contributed by atoms with Crippen molar-refractivity contribution in [1.82, 2.24) is 0 Å². The molecule has 0 atom stereocenters. The highest BCUT2D eigenvalue weighted by molar-refractivity contribution is 6.11. The van der Waals surface area contributed by atoms with E-state index in [0.29, 0.717) is 0 Å². The number of hydrogen-bond donors (Lipinski definition) is 0. The van der Waals surface area contributed by atoms with E-state index in [-0.39, 0.29) is 0 Å². The molecular formula is C48H31NO. The van der Waals surface area contributed by atoms with Gasteiger partial charge in [-0.3, -0.25) is 0 Å². The molecule has 0 saturated carbocycles. The van der Waals surface area contributed by atoms with Crippen molar-refractivity contribution in [1.29, 1.82) is 0 Å². The zero-order valence-corrected chi connectivity index (χ0v) is 27.3.